The average molecular weight is 698 g/mol. The number of amidine groups is 2. The second-order valence-corrected chi connectivity index (χ2v) is 17.3. The van der Waals surface area contributed by atoms with Gasteiger partial charge in [0.2, 0.25) is 0 Å². The molecule has 5 rings (SSSR count). The molecule has 0 aliphatic carbocycles. The summed E-state index contributed by atoms with van der Waals surface area (Å²) in [5, 5.41) is 0. The zero-order valence-electron chi connectivity index (χ0n) is 25.6. The van der Waals surface area contributed by atoms with Crippen molar-refractivity contribution in [2.45, 2.75) is 65.7 Å². The molecule has 0 bridgehead atoms. The molecule has 0 saturated heterocycles. The molecule has 235 valence electrons. The molecule has 0 radical (unpaired) electrons. The van der Waals surface area contributed by atoms with Crippen LogP contribution in [0.2, 0.25) is 0 Å². The molecular weight excluding hydrogens is 661 g/mol. The van der Waals surface area contributed by atoms with Crippen molar-refractivity contribution in [2.24, 2.45) is 21.8 Å². The summed E-state index contributed by atoms with van der Waals surface area (Å²) in [4.78, 5) is 46.0. The summed E-state index contributed by atoms with van der Waals surface area (Å²) in [7, 11) is 14.7. The SMILES string of the molecule is CC(C)C1(C)N=C(c2cccc(C3=NC(C)(C(C)C)C(=O)N3Cc3ccccc3)n2)N(Cc2ccccc2)C1=O.[Cl][Fe]([Cl])[Cl]. The summed E-state index contributed by atoms with van der Waals surface area (Å²) in [5.74, 6) is 1.00. The summed E-state index contributed by atoms with van der Waals surface area (Å²) in [5.41, 5.74) is 1.41. The maximum absolute atomic E-state index is 13.8. The standard InChI is InChI=1S/C33H37N5O2.3ClH.Fe/c1-22(2)32(5)30(39)37(20-24-14-9-7-10-15-24)28(35-32)26-18-13-19-27(34-26)29-36-33(6,23(3)4)31(40)38(29)21-25-16-11-8-12-17-25;;;;/h7-19,22-23H,20-21H2,1-6H3;3*1H;/q;;;;+3/p-3. The number of amides is 2. The van der Waals surface area contributed by atoms with E-state index in [1.807, 2.05) is 120 Å². The van der Waals surface area contributed by atoms with Gasteiger partial charge in [0, 0.05) is 0 Å². The van der Waals surface area contributed by atoms with E-state index in [2.05, 4.69) is 0 Å². The van der Waals surface area contributed by atoms with Crippen LogP contribution in [-0.4, -0.2) is 49.3 Å². The van der Waals surface area contributed by atoms with Gasteiger partial charge in [-0.2, -0.15) is 0 Å². The summed E-state index contributed by atoms with van der Waals surface area (Å²) in [6, 6.07) is 25.5. The number of pyridine rings is 1. The summed E-state index contributed by atoms with van der Waals surface area (Å²) in [6.07, 6.45) is 0. The topological polar surface area (TPSA) is 78.2 Å². The van der Waals surface area contributed by atoms with E-state index in [1.165, 1.54) is 0 Å². The Morgan fingerprint density at radius 2 is 0.977 bits per heavy atom. The molecule has 2 unspecified atom stereocenters. The fourth-order valence-corrected chi connectivity index (χ4v) is 5.05. The van der Waals surface area contributed by atoms with Crippen LogP contribution < -0.4 is 0 Å². The van der Waals surface area contributed by atoms with E-state index in [4.69, 9.17) is 45.3 Å². The molecule has 2 aliphatic rings. The number of hydrogen-bond donors (Lipinski definition) is 0. The van der Waals surface area contributed by atoms with Crippen molar-refractivity contribution >= 4 is 53.8 Å². The summed E-state index contributed by atoms with van der Waals surface area (Å²) >= 11 is -1.33. The normalized spacial score (nSPS) is 21.8. The zero-order valence-corrected chi connectivity index (χ0v) is 29.0. The van der Waals surface area contributed by atoms with E-state index in [0.29, 0.717) is 36.1 Å². The number of carbonyl (C=O) groups excluding carboxylic acids is 2. The molecule has 0 saturated carbocycles. The van der Waals surface area contributed by atoms with Crippen molar-refractivity contribution in [3.05, 3.63) is 101 Å². The Balaban J connectivity index is 0.00000104. The molecule has 7 nitrogen and oxygen atoms in total. The molecule has 0 N–H and O–H groups in total. The van der Waals surface area contributed by atoms with E-state index >= 15 is 0 Å². The number of aromatic nitrogens is 1. The molecule has 0 fully saturated rings. The minimum atomic E-state index is -1.33. The van der Waals surface area contributed by atoms with Crippen LogP contribution in [0.15, 0.2) is 88.8 Å². The van der Waals surface area contributed by atoms with Crippen molar-refractivity contribution in [1.29, 1.82) is 0 Å². The number of nitrogens with zero attached hydrogens (tertiary/aromatic N) is 5. The van der Waals surface area contributed by atoms with E-state index < -0.39 is 22.2 Å². The third kappa shape index (κ3) is 7.21. The van der Waals surface area contributed by atoms with Crippen LogP contribution >= 0.6 is 30.3 Å². The number of benzene rings is 2. The zero-order chi connectivity index (χ0) is 32.2. The van der Waals surface area contributed by atoms with Crippen molar-refractivity contribution in [3.8, 4) is 0 Å². The van der Waals surface area contributed by atoms with Gasteiger partial charge in [-0.1, -0.05) is 94.4 Å². The van der Waals surface area contributed by atoms with Gasteiger partial charge in [-0.05, 0) is 48.9 Å². The summed E-state index contributed by atoms with van der Waals surface area (Å²) < 4.78 is 0. The maximum atomic E-state index is 13.8. The first-order valence-electron chi connectivity index (χ1n) is 14.3. The second-order valence-electron chi connectivity index (χ2n) is 11.8. The Labute approximate surface area is 276 Å². The minimum absolute atomic E-state index is 0.00361. The van der Waals surface area contributed by atoms with Crippen LogP contribution in [0, 0.1) is 11.8 Å². The van der Waals surface area contributed by atoms with Gasteiger partial charge in [-0.3, -0.25) is 19.4 Å². The third-order valence-electron chi connectivity index (χ3n) is 8.37. The van der Waals surface area contributed by atoms with Gasteiger partial charge in [0.25, 0.3) is 11.8 Å². The fourth-order valence-electron chi connectivity index (χ4n) is 5.05. The van der Waals surface area contributed by atoms with Crippen LogP contribution in [-0.2, 0) is 33.8 Å². The predicted octanol–water partition coefficient (Wildman–Crippen LogP) is 7.56. The Hall–Kier alpha value is -2.74. The van der Waals surface area contributed by atoms with E-state index in [0.717, 1.165) is 11.1 Å². The van der Waals surface area contributed by atoms with Crippen LogP contribution in [0.1, 0.15) is 64.1 Å². The molecule has 1 aromatic heterocycles. The molecule has 2 amide bonds. The van der Waals surface area contributed by atoms with Crippen molar-refractivity contribution in [1.82, 2.24) is 14.8 Å². The first-order valence-corrected chi connectivity index (χ1v) is 18.9. The third-order valence-corrected chi connectivity index (χ3v) is 8.37. The Bertz CT molecular complexity index is 1440. The van der Waals surface area contributed by atoms with Gasteiger partial charge in [-0.25, -0.2) is 15.0 Å². The monoisotopic (exact) mass is 696 g/mol. The van der Waals surface area contributed by atoms with Crippen LogP contribution in [0.5, 0.6) is 0 Å². The van der Waals surface area contributed by atoms with Crippen LogP contribution in [0.25, 0.3) is 0 Å². The summed E-state index contributed by atoms with van der Waals surface area (Å²) in [6.45, 7) is 12.7. The molecule has 2 atom stereocenters. The Kier molecular flexibility index (Phi) is 11.0. The van der Waals surface area contributed by atoms with Gasteiger partial charge >= 0.3 is 41.5 Å². The van der Waals surface area contributed by atoms with Crippen molar-refractivity contribution < 1.29 is 20.8 Å². The molecule has 11 heteroatoms. The average Bonchev–Trinajstić information content (AvgIpc) is 3.40. The van der Waals surface area contributed by atoms with Gasteiger partial charge in [0.15, 0.2) is 11.7 Å². The Morgan fingerprint density at radius 3 is 1.30 bits per heavy atom. The second kappa shape index (κ2) is 14.1. The van der Waals surface area contributed by atoms with Gasteiger partial charge in [0.1, 0.15) is 22.5 Å². The van der Waals surface area contributed by atoms with Crippen LogP contribution in [0.4, 0.5) is 0 Å². The fraction of sp³-hybridized carbons (Fsp3) is 0.364. The first kappa shape index (κ1) is 34.1. The van der Waals surface area contributed by atoms with Crippen molar-refractivity contribution in [3.63, 3.8) is 0 Å². The first-order chi connectivity index (χ1) is 20.8. The van der Waals surface area contributed by atoms with Gasteiger partial charge in [-0.15, -0.1) is 0 Å². The Morgan fingerprint density at radius 1 is 0.636 bits per heavy atom. The van der Waals surface area contributed by atoms with Gasteiger partial charge in [0.05, 0.1) is 13.1 Å². The number of hydrogen-bond acceptors (Lipinski definition) is 5. The molecule has 2 aromatic carbocycles. The van der Waals surface area contributed by atoms with E-state index in [9.17, 15) is 9.59 Å². The van der Waals surface area contributed by atoms with Crippen LogP contribution in [0.3, 0.4) is 0 Å². The van der Waals surface area contributed by atoms with E-state index in [-0.39, 0.29) is 23.7 Å². The predicted molar refractivity (Wildman–Crippen MR) is 175 cm³/mol. The quantitative estimate of drug-likeness (QED) is 0.228. The number of halogens is 3. The molecule has 44 heavy (non-hydrogen) atoms. The molecule has 2 aliphatic heterocycles. The van der Waals surface area contributed by atoms with Crippen molar-refractivity contribution in [2.75, 3.05) is 0 Å². The molecule has 3 heterocycles. The van der Waals surface area contributed by atoms with Gasteiger partial charge < -0.3 is 0 Å². The number of aliphatic imine (C=N–C) groups is 2. The molecule has 0 spiro atoms. The van der Waals surface area contributed by atoms with E-state index in [1.54, 1.807) is 9.80 Å². The molecular formula is C33H37Cl3FeN5O2. The molecule has 3 aromatic rings. The number of carbonyl (C=O) groups is 2. The number of rotatable bonds is 8.